The molecule has 14 heavy (non-hydrogen) atoms. The molecular weight excluding hydrogens is 182 g/mol. The van der Waals surface area contributed by atoms with E-state index in [-0.39, 0.29) is 41.8 Å². The molecule has 5 atom stereocenters. The zero-order chi connectivity index (χ0) is 9.87. The van der Waals surface area contributed by atoms with Crippen molar-refractivity contribution in [1.29, 1.82) is 0 Å². The van der Waals surface area contributed by atoms with Crippen LogP contribution in [0, 0.1) is 17.8 Å². The second-order valence-electron chi connectivity index (χ2n) is 4.53. The Balaban J connectivity index is 1.84. The first-order valence-corrected chi connectivity index (χ1v) is 5.18. The first kappa shape index (κ1) is 8.41. The van der Waals surface area contributed by atoms with Crippen molar-refractivity contribution >= 4 is 11.8 Å². The molecule has 0 bridgehead atoms. The molecule has 76 valence electrons. The van der Waals surface area contributed by atoms with E-state index in [0.717, 1.165) is 12.8 Å². The molecule has 2 saturated heterocycles. The minimum atomic E-state index is -0.0996. The highest BCUT2D eigenvalue weighted by Crippen LogP contribution is 2.47. The second kappa shape index (κ2) is 2.57. The molecule has 2 aliphatic heterocycles. The number of carbonyl (C=O) groups is 2. The van der Waals surface area contributed by atoms with E-state index in [1.807, 2.05) is 6.92 Å². The third-order valence-electron chi connectivity index (χ3n) is 3.77. The van der Waals surface area contributed by atoms with Crippen molar-refractivity contribution in [3.8, 4) is 0 Å². The van der Waals surface area contributed by atoms with Gasteiger partial charge in [0, 0.05) is 5.92 Å². The molecule has 0 aromatic heterocycles. The molecule has 1 saturated carbocycles. The summed E-state index contributed by atoms with van der Waals surface area (Å²) >= 11 is 0. The van der Waals surface area contributed by atoms with Gasteiger partial charge in [-0.1, -0.05) is 0 Å². The van der Waals surface area contributed by atoms with Crippen LogP contribution in [0.2, 0.25) is 0 Å². The van der Waals surface area contributed by atoms with E-state index in [2.05, 4.69) is 5.32 Å². The van der Waals surface area contributed by atoms with Crippen LogP contribution in [0.5, 0.6) is 0 Å². The zero-order valence-corrected chi connectivity index (χ0v) is 8.03. The Morgan fingerprint density at radius 3 is 2.64 bits per heavy atom. The third-order valence-corrected chi connectivity index (χ3v) is 3.77. The topological polar surface area (TPSA) is 58.7 Å². The summed E-state index contributed by atoms with van der Waals surface area (Å²) in [6.07, 6.45) is 2.31. The smallest absolute Gasteiger partial charge is 0.230 e. The molecule has 0 aromatic rings. The zero-order valence-electron chi connectivity index (χ0n) is 8.03. The Morgan fingerprint density at radius 1 is 1.29 bits per heavy atom. The lowest BCUT2D eigenvalue weighted by Gasteiger charge is -2.12. The van der Waals surface area contributed by atoms with Crippen LogP contribution in [-0.2, 0) is 14.3 Å². The van der Waals surface area contributed by atoms with Gasteiger partial charge in [0.15, 0.2) is 0 Å². The number of fused-ring (bicyclic) bond motifs is 1. The molecule has 4 nitrogen and oxygen atoms in total. The number of nitrogens with one attached hydrogen (secondary N) is 1. The fraction of sp³-hybridized carbons (Fsp3) is 0.800. The summed E-state index contributed by atoms with van der Waals surface area (Å²) in [4.78, 5) is 22.9. The minimum absolute atomic E-state index is 0.0658. The molecule has 3 aliphatic rings. The van der Waals surface area contributed by atoms with E-state index in [9.17, 15) is 9.59 Å². The van der Waals surface area contributed by atoms with Crippen molar-refractivity contribution in [2.24, 2.45) is 17.8 Å². The lowest BCUT2D eigenvalue weighted by molar-refractivity contribution is -0.126. The van der Waals surface area contributed by atoms with Gasteiger partial charge in [0.2, 0.25) is 11.8 Å². The Labute approximate surface area is 82.0 Å². The van der Waals surface area contributed by atoms with Gasteiger partial charge in [0.05, 0.1) is 24.0 Å². The molecular formula is C10H13NO3. The van der Waals surface area contributed by atoms with Crippen molar-refractivity contribution in [1.82, 2.24) is 5.32 Å². The van der Waals surface area contributed by atoms with E-state index >= 15 is 0 Å². The van der Waals surface area contributed by atoms with Gasteiger partial charge in [-0.2, -0.15) is 0 Å². The quantitative estimate of drug-likeness (QED) is 0.476. The third kappa shape index (κ3) is 0.974. The summed E-state index contributed by atoms with van der Waals surface area (Å²) in [5, 5.41) is 2.41. The number of ether oxygens (including phenoxy) is 1. The molecule has 0 radical (unpaired) electrons. The van der Waals surface area contributed by atoms with Gasteiger partial charge in [-0.05, 0) is 19.8 Å². The van der Waals surface area contributed by atoms with E-state index in [4.69, 9.17) is 4.74 Å². The monoisotopic (exact) mass is 195 g/mol. The first-order valence-electron chi connectivity index (χ1n) is 5.18. The molecule has 1 unspecified atom stereocenters. The maximum absolute atomic E-state index is 11.5. The normalized spacial score (nSPS) is 50.5. The molecule has 4 heteroatoms. The fourth-order valence-corrected chi connectivity index (χ4v) is 3.02. The Hall–Kier alpha value is -0.900. The lowest BCUT2D eigenvalue weighted by atomic mass is 9.88. The fourth-order valence-electron chi connectivity index (χ4n) is 3.02. The Morgan fingerprint density at radius 2 is 2.00 bits per heavy atom. The van der Waals surface area contributed by atoms with Crippen molar-refractivity contribution in [3.05, 3.63) is 0 Å². The van der Waals surface area contributed by atoms with Gasteiger partial charge in [-0.25, -0.2) is 0 Å². The summed E-state index contributed by atoms with van der Waals surface area (Å²) in [7, 11) is 0. The molecule has 0 aromatic carbocycles. The highest BCUT2D eigenvalue weighted by molar-refractivity contribution is 6.05. The number of carbonyl (C=O) groups excluding carboxylic acids is 2. The van der Waals surface area contributed by atoms with Crippen LogP contribution in [0.15, 0.2) is 0 Å². The number of rotatable bonds is 1. The van der Waals surface area contributed by atoms with Crippen LogP contribution in [0.25, 0.3) is 0 Å². The number of imide groups is 1. The molecule has 2 amide bonds. The van der Waals surface area contributed by atoms with Crippen LogP contribution >= 0.6 is 0 Å². The summed E-state index contributed by atoms with van der Waals surface area (Å²) < 4.78 is 5.40. The van der Waals surface area contributed by atoms with Crippen molar-refractivity contribution in [2.45, 2.75) is 32.0 Å². The maximum atomic E-state index is 11.5. The molecule has 3 fully saturated rings. The standard InChI is InChI=1S/C10H13NO3/c1-4-8(14-4)5-2-3-6-7(5)10(13)11-9(6)12/h4-8H,2-3H2,1H3,(H,11,12,13)/t4?,5-,6-,7+,8+/m1/s1. The van der Waals surface area contributed by atoms with Crippen LogP contribution in [0.1, 0.15) is 19.8 Å². The summed E-state index contributed by atoms with van der Waals surface area (Å²) in [6.45, 7) is 2.02. The maximum Gasteiger partial charge on any atom is 0.230 e. The van der Waals surface area contributed by atoms with Gasteiger partial charge in [-0.3, -0.25) is 14.9 Å². The van der Waals surface area contributed by atoms with Gasteiger partial charge >= 0.3 is 0 Å². The molecule has 0 spiro atoms. The highest BCUT2D eigenvalue weighted by atomic mass is 16.6. The Kier molecular flexibility index (Phi) is 1.54. The molecule has 1 N–H and O–H groups in total. The first-order chi connectivity index (χ1) is 6.68. The minimum Gasteiger partial charge on any atom is -0.370 e. The average Bonchev–Trinajstić information content (AvgIpc) is 2.63. The van der Waals surface area contributed by atoms with Crippen molar-refractivity contribution in [2.75, 3.05) is 0 Å². The summed E-state index contributed by atoms with van der Waals surface area (Å²) in [5.74, 6) is -0.0381. The molecule has 1 aliphatic carbocycles. The predicted octanol–water partition coefficient (Wildman–Crippen LogP) is 0.0725. The number of hydrogen-bond donors (Lipinski definition) is 1. The van der Waals surface area contributed by atoms with Crippen LogP contribution in [-0.4, -0.2) is 24.0 Å². The van der Waals surface area contributed by atoms with E-state index in [0.29, 0.717) is 0 Å². The second-order valence-corrected chi connectivity index (χ2v) is 4.53. The summed E-state index contributed by atoms with van der Waals surface area (Å²) in [6, 6.07) is 0. The van der Waals surface area contributed by atoms with E-state index in [1.54, 1.807) is 0 Å². The SMILES string of the molecule is CC1O[C@@H]1[C@@H]1CC[C@H]2C(=O)NC(=O)[C@@H]12. The van der Waals surface area contributed by atoms with Crippen molar-refractivity contribution < 1.29 is 14.3 Å². The molecule has 3 rings (SSSR count). The Bertz CT molecular complexity index is 314. The highest BCUT2D eigenvalue weighted by Gasteiger charge is 2.57. The largest absolute Gasteiger partial charge is 0.370 e. The number of hydrogen-bond acceptors (Lipinski definition) is 3. The van der Waals surface area contributed by atoms with Gasteiger partial charge < -0.3 is 4.74 Å². The lowest BCUT2D eigenvalue weighted by Crippen LogP contribution is -2.27. The summed E-state index contributed by atoms with van der Waals surface area (Å²) in [5.41, 5.74) is 0. The average molecular weight is 195 g/mol. The number of amides is 2. The van der Waals surface area contributed by atoms with Gasteiger partial charge in [0.25, 0.3) is 0 Å². The van der Waals surface area contributed by atoms with E-state index in [1.165, 1.54) is 0 Å². The van der Waals surface area contributed by atoms with Crippen LogP contribution in [0.3, 0.4) is 0 Å². The van der Waals surface area contributed by atoms with Gasteiger partial charge in [0.1, 0.15) is 0 Å². The van der Waals surface area contributed by atoms with Gasteiger partial charge in [-0.15, -0.1) is 0 Å². The predicted molar refractivity (Wildman–Crippen MR) is 47.2 cm³/mol. The van der Waals surface area contributed by atoms with Crippen molar-refractivity contribution in [3.63, 3.8) is 0 Å². The molecule has 2 heterocycles. The number of epoxide rings is 1. The van der Waals surface area contributed by atoms with E-state index < -0.39 is 0 Å². The van der Waals surface area contributed by atoms with Crippen LogP contribution < -0.4 is 5.32 Å². The van der Waals surface area contributed by atoms with Crippen LogP contribution in [0.4, 0.5) is 0 Å².